The third-order valence-electron chi connectivity index (χ3n) is 6.09. The molecule has 40 heavy (non-hydrogen) atoms. The van der Waals surface area contributed by atoms with Crippen molar-refractivity contribution in [3.63, 3.8) is 0 Å². The van der Waals surface area contributed by atoms with Crippen molar-refractivity contribution in [2.24, 2.45) is 0 Å². The number of imidazole rings is 1. The number of carbonyl (C=O) groups is 2. The maximum absolute atomic E-state index is 12.2. The lowest BCUT2D eigenvalue weighted by atomic mass is 10.1. The molecule has 4 N–H and O–H groups in total. The zero-order valence-corrected chi connectivity index (χ0v) is 22.1. The van der Waals surface area contributed by atoms with Gasteiger partial charge in [-0.2, -0.15) is 0 Å². The summed E-state index contributed by atoms with van der Waals surface area (Å²) in [7, 11) is -4.43. The lowest BCUT2D eigenvalue weighted by molar-refractivity contribution is -0.135. The van der Waals surface area contributed by atoms with Crippen molar-refractivity contribution in [2.75, 3.05) is 24.6 Å². The van der Waals surface area contributed by atoms with E-state index in [1.165, 1.54) is 12.7 Å². The quantitative estimate of drug-likeness (QED) is 0.257. The number of carboxylic acids is 1. The Balaban J connectivity index is 1.40. The number of anilines is 1. The first-order valence-electron chi connectivity index (χ1n) is 12.3. The molecule has 2 aliphatic heterocycles. The number of rotatable bonds is 10. The number of ether oxygens (including phenoxy) is 3. The number of carbonyl (C=O) groups excluding carboxylic acids is 1. The molecule has 2 saturated heterocycles. The van der Waals surface area contributed by atoms with Gasteiger partial charge in [0, 0.05) is 6.54 Å². The van der Waals surface area contributed by atoms with Crippen LogP contribution in [-0.2, 0) is 28.1 Å². The first-order chi connectivity index (χ1) is 19.2. The Labute approximate surface area is 227 Å². The van der Waals surface area contributed by atoms with E-state index in [2.05, 4.69) is 25.6 Å². The molecule has 2 unspecified atom stereocenters. The van der Waals surface area contributed by atoms with E-state index in [1.54, 1.807) is 17.6 Å². The fourth-order valence-electron chi connectivity index (χ4n) is 4.41. The van der Waals surface area contributed by atoms with Crippen LogP contribution >= 0.6 is 7.60 Å². The number of amides is 2. The molecule has 0 saturated carbocycles. The van der Waals surface area contributed by atoms with Crippen LogP contribution in [0.4, 0.5) is 10.6 Å². The van der Waals surface area contributed by atoms with Crippen molar-refractivity contribution in [3.8, 4) is 0 Å². The first-order valence-corrected chi connectivity index (χ1v) is 14.1. The fraction of sp³-hybridized carbons (Fsp3) is 0.375. The van der Waals surface area contributed by atoms with E-state index in [0.29, 0.717) is 17.7 Å². The summed E-state index contributed by atoms with van der Waals surface area (Å²) < 4.78 is 37.2. The molecule has 6 atom stereocenters. The second kappa shape index (κ2) is 11.8. The molecule has 4 heterocycles. The van der Waals surface area contributed by atoms with Gasteiger partial charge in [-0.05, 0) is 18.6 Å². The van der Waals surface area contributed by atoms with Gasteiger partial charge in [0.05, 0.1) is 12.9 Å². The van der Waals surface area contributed by atoms with Gasteiger partial charge in [-0.15, -0.1) is 0 Å². The van der Waals surface area contributed by atoms with Gasteiger partial charge in [0.25, 0.3) is 0 Å². The summed E-state index contributed by atoms with van der Waals surface area (Å²) in [6.45, 7) is 1.77. The third kappa shape index (κ3) is 6.20. The zero-order valence-electron chi connectivity index (χ0n) is 21.2. The van der Waals surface area contributed by atoms with E-state index < -0.39 is 63.2 Å². The van der Waals surface area contributed by atoms with Crippen LogP contribution in [-0.4, -0.2) is 85.4 Å². The van der Waals surface area contributed by atoms with Gasteiger partial charge < -0.3 is 34.1 Å². The average molecular weight is 574 g/mol. The number of urea groups is 1. The molecule has 15 nitrogen and oxygen atoms in total. The molecule has 2 aromatic heterocycles. The molecule has 0 bridgehead atoms. The van der Waals surface area contributed by atoms with Crippen LogP contribution in [0.3, 0.4) is 0 Å². The summed E-state index contributed by atoms with van der Waals surface area (Å²) in [6, 6.07) is 9.07. The highest BCUT2D eigenvalue weighted by molar-refractivity contribution is 7.53. The lowest BCUT2D eigenvalue weighted by Crippen LogP contribution is -2.31. The van der Waals surface area contributed by atoms with Crippen LogP contribution in [0.25, 0.3) is 17.2 Å². The summed E-state index contributed by atoms with van der Waals surface area (Å²) >= 11 is 0. The largest absolute Gasteiger partial charge is 0.481 e. The van der Waals surface area contributed by atoms with E-state index in [0.717, 1.165) is 5.56 Å². The van der Waals surface area contributed by atoms with Crippen molar-refractivity contribution in [1.29, 1.82) is 0 Å². The molecule has 0 aliphatic carbocycles. The van der Waals surface area contributed by atoms with E-state index in [4.69, 9.17) is 23.8 Å². The first kappa shape index (κ1) is 27.8. The van der Waals surface area contributed by atoms with Crippen LogP contribution < -0.4 is 10.6 Å². The second-order valence-corrected chi connectivity index (χ2v) is 10.8. The highest BCUT2D eigenvalue weighted by Gasteiger charge is 2.54. The number of nitrogens with zero attached hydrogens (tertiary/aromatic N) is 4. The van der Waals surface area contributed by atoms with E-state index in [-0.39, 0.29) is 5.82 Å². The molecule has 0 spiro atoms. The van der Waals surface area contributed by atoms with Gasteiger partial charge in [-0.25, -0.2) is 19.7 Å². The van der Waals surface area contributed by atoms with Gasteiger partial charge in [-0.3, -0.25) is 19.2 Å². The fourth-order valence-corrected chi connectivity index (χ4v) is 5.22. The Hall–Kier alpha value is -3.72. The van der Waals surface area contributed by atoms with Gasteiger partial charge >= 0.3 is 19.6 Å². The molecule has 0 radical (unpaired) electrons. The molecule has 212 valence electrons. The standard InChI is InChI=1S/C24H27N6O9P/c1-2-25-24(33)29-21-18-22(27-12-26-21)30(13-28-18)23-20-19(15(37-23)10-36-40(34,35)11-16(31)32)38-17(39-20)9-8-14-6-4-3-5-7-14/h3-9,12-13,15,17,19-20,23H,2,10-11H2,1H3,(H,31,32)(H,34,35)(H2,25,26,27,29,33)/b9-8+/t15-,17+,19?,20+,23-/m1/s1. The van der Waals surface area contributed by atoms with Crippen molar-refractivity contribution >= 4 is 42.7 Å². The molecular weight excluding hydrogens is 547 g/mol. The predicted molar refractivity (Wildman–Crippen MR) is 139 cm³/mol. The summed E-state index contributed by atoms with van der Waals surface area (Å²) in [5, 5.41) is 14.1. The number of nitrogens with one attached hydrogen (secondary N) is 2. The maximum atomic E-state index is 12.2. The van der Waals surface area contributed by atoms with E-state index in [9.17, 15) is 19.0 Å². The summed E-state index contributed by atoms with van der Waals surface area (Å²) in [6.07, 6.45) is 1.23. The zero-order chi connectivity index (χ0) is 28.3. The summed E-state index contributed by atoms with van der Waals surface area (Å²) in [5.74, 6) is -1.28. The Morgan fingerprint density at radius 2 is 1.93 bits per heavy atom. The van der Waals surface area contributed by atoms with Gasteiger partial charge in [-0.1, -0.05) is 36.4 Å². The van der Waals surface area contributed by atoms with Crippen molar-refractivity contribution in [1.82, 2.24) is 24.8 Å². The highest BCUT2D eigenvalue weighted by atomic mass is 31.2. The number of carboxylic acid groups (broad SMARTS) is 1. The van der Waals surface area contributed by atoms with Crippen LogP contribution in [0.1, 0.15) is 18.7 Å². The minimum Gasteiger partial charge on any atom is -0.481 e. The molecule has 5 rings (SSSR count). The smallest absolute Gasteiger partial charge is 0.339 e. The highest BCUT2D eigenvalue weighted by Crippen LogP contribution is 2.45. The van der Waals surface area contributed by atoms with Crippen LogP contribution in [0.2, 0.25) is 0 Å². The SMILES string of the molecule is CCNC(=O)Nc1ncnc2c1ncn2[C@@H]1O[C@H](COP(=O)(O)CC(=O)O)C2O[C@H](/C=C/c3ccccc3)O[C@@H]21. The molecule has 2 aliphatic rings. The normalized spacial score (nSPS) is 25.6. The molecule has 1 aromatic carbocycles. The Kier molecular flexibility index (Phi) is 8.21. The van der Waals surface area contributed by atoms with Crippen LogP contribution in [0.5, 0.6) is 0 Å². The van der Waals surface area contributed by atoms with Crippen molar-refractivity contribution in [3.05, 3.63) is 54.6 Å². The molecule has 2 fully saturated rings. The Morgan fingerprint density at radius 1 is 1.15 bits per heavy atom. The number of aliphatic carboxylic acids is 1. The van der Waals surface area contributed by atoms with E-state index in [1.807, 2.05) is 36.4 Å². The number of aromatic nitrogens is 4. The van der Waals surface area contributed by atoms with Crippen molar-refractivity contribution in [2.45, 2.75) is 37.8 Å². The lowest BCUT2D eigenvalue weighted by Gasteiger charge is -2.21. The summed E-state index contributed by atoms with van der Waals surface area (Å²) in [5.41, 5.74) is 1.56. The van der Waals surface area contributed by atoms with Crippen LogP contribution in [0, 0.1) is 0 Å². The Morgan fingerprint density at radius 3 is 2.67 bits per heavy atom. The van der Waals surface area contributed by atoms with Gasteiger partial charge in [0.15, 0.2) is 29.5 Å². The molecule has 3 aromatic rings. The minimum absolute atomic E-state index is 0.186. The number of hydrogen-bond acceptors (Lipinski definition) is 10. The van der Waals surface area contributed by atoms with Gasteiger partial charge in [0.2, 0.25) is 0 Å². The molecular formula is C24H27N6O9P. The predicted octanol–water partition coefficient (Wildman–Crippen LogP) is 1.98. The minimum atomic E-state index is -4.43. The number of hydrogen-bond donors (Lipinski definition) is 4. The van der Waals surface area contributed by atoms with Crippen LogP contribution in [0.15, 0.2) is 49.1 Å². The van der Waals surface area contributed by atoms with Gasteiger partial charge in [0.1, 0.15) is 30.8 Å². The topological polar surface area (TPSA) is 196 Å². The summed E-state index contributed by atoms with van der Waals surface area (Å²) in [4.78, 5) is 45.7. The maximum Gasteiger partial charge on any atom is 0.339 e. The second-order valence-electron chi connectivity index (χ2n) is 8.92. The number of fused-ring (bicyclic) bond motifs is 2. The van der Waals surface area contributed by atoms with Crippen molar-refractivity contribution < 1.29 is 42.9 Å². The molecule has 16 heteroatoms. The van der Waals surface area contributed by atoms with E-state index >= 15 is 0 Å². The monoisotopic (exact) mass is 574 g/mol. The molecule has 2 amide bonds. The average Bonchev–Trinajstić information content (AvgIpc) is 3.60. The number of benzene rings is 1. The third-order valence-corrected chi connectivity index (χ3v) is 7.31. The Bertz CT molecular complexity index is 1450.